The Bertz CT molecular complexity index is 2880. The topological polar surface area (TPSA) is 377 Å². The van der Waals surface area contributed by atoms with E-state index in [1.165, 1.54) is 31.2 Å². The Hall–Kier alpha value is -7.55. The van der Waals surface area contributed by atoms with Gasteiger partial charge in [0.15, 0.2) is 6.23 Å². The van der Waals surface area contributed by atoms with E-state index >= 15 is 0 Å². The number of phenols is 1. The van der Waals surface area contributed by atoms with E-state index in [4.69, 9.17) is 4.74 Å². The second kappa shape index (κ2) is 27.5. The zero-order valence-electron chi connectivity index (χ0n) is 45.7. The summed E-state index contributed by atoms with van der Waals surface area (Å²) in [7, 11) is 0. The van der Waals surface area contributed by atoms with E-state index in [0.29, 0.717) is 12.2 Å². The highest BCUT2D eigenvalue weighted by atomic mass is 16.5. The fourth-order valence-electron chi connectivity index (χ4n) is 10.2. The van der Waals surface area contributed by atoms with Gasteiger partial charge in [0, 0.05) is 37.4 Å². The molecule has 24 nitrogen and oxygen atoms in total. The fourth-order valence-corrected chi connectivity index (χ4v) is 10.2. The standard InChI is InChI=1S/C58H73N7O17/c1-5-6-7-24-82-40-22-18-35(19-23-40)33-10-8-32(9-11-33)34-12-14-37(15-13-34)51(74)59-41-26-43(70)54(77)63-56(79)47-48(71)29(2)27-65(47)58(81)45(31(4)67)61-55(78)46(50(73)49(72)36-16-20-38(68)21-17-36)62-53(76)42-25-39(69)28-64(42)57(80)44(30(3)66)60-52(41)75/h8-23,29-31,39,41-50,54,66-73,77H,5-7,24-28H2,1-4H3,(H,59,74)(H,60,75)(H,61,78)(H,62,76)(H,63,79)/t29-,30?,31?,39+,41?,42-,43+,44-,45-,46-,47-,48-,49-,50-,54+/m0/s1. The number of fused-ring (bicyclic) bond motifs is 2. The number of aliphatic hydroxyl groups is 8. The summed E-state index contributed by atoms with van der Waals surface area (Å²) in [4.78, 5) is 102. The summed E-state index contributed by atoms with van der Waals surface area (Å²) in [5.74, 6) is -8.67. The molecule has 3 fully saturated rings. The molecule has 0 bridgehead atoms. The van der Waals surface area contributed by atoms with Crippen LogP contribution in [0.4, 0.5) is 0 Å². The molecule has 15 atom stereocenters. The molecule has 14 N–H and O–H groups in total. The Kier molecular flexibility index (Phi) is 20.8. The molecular weight excluding hydrogens is 1070 g/mol. The molecule has 3 heterocycles. The molecule has 3 unspecified atom stereocenters. The minimum atomic E-state index is -2.29. The summed E-state index contributed by atoms with van der Waals surface area (Å²) in [5.41, 5.74) is 3.37. The number of benzene rings is 4. The molecule has 4 aromatic rings. The molecule has 0 aliphatic carbocycles. The molecule has 0 radical (unpaired) electrons. The van der Waals surface area contributed by atoms with Crippen molar-refractivity contribution >= 4 is 41.4 Å². The number of aromatic hydroxyl groups is 1. The lowest BCUT2D eigenvalue weighted by Gasteiger charge is -2.34. The zero-order valence-corrected chi connectivity index (χ0v) is 45.7. The van der Waals surface area contributed by atoms with E-state index in [0.717, 1.165) is 77.5 Å². The summed E-state index contributed by atoms with van der Waals surface area (Å²) in [6.07, 6.45) is -13.6. The van der Waals surface area contributed by atoms with Gasteiger partial charge in [-0.3, -0.25) is 33.6 Å². The molecule has 0 saturated carbocycles. The number of nitrogens with zero attached hydrogens (tertiary/aromatic N) is 2. The molecule has 3 aliphatic rings. The summed E-state index contributed by atoms with van der Waals surface area (Å²) >= 11 is 0. The number of unbranched alkanes of at least 4 members (excludes halogenated alkanes) is 2. The van der Waals surface area contributed by atoms with Crippen LogP contribution in [0.1, 0.15) is 81.8 Å². The number of aliphatic hydroxyl groups excluding tert-OH is 8. The van der Waals surface area contributed by atoms with Crippen molar-refractivity contribution in [3.8, 4) is 33.8 Å². The van der Waals surface area contributed by atoms with Crippen molar-refractivity contribution in [2.24, 2.45) is 5.92 Å². The number of phenolic OH excluding ortho intramolecular Hbond substituents is 1. The van der Waals surface area contributed by atoms with Gasteiger partial charge in [0.05, 0.1) is 31.0 Å². The highest BCUT2D eigenvalue weighted by Crippen LogP contribution is 2.30. The normalized spacial score (nSPS) is 27.5. The molecule has 7 amide bonds. The number of carbonyl (C=O) groups is 7. The average Bonchev–Trinajstić information content (AvgIpc) is 4.06. The third-order valence-corrected chi connectivity index (χ3v) is 15.0. The first-order valence-electron chi connectivity index (χ1n) is 27.3. The van der Waals surface area contributed by atoms with Crippen molar-refractivity contribution in [1.29, 1.82) is 0 Å². The third-order valence-electron chi connectivity index (χ3n) is 15.0. The first-order chi connectivity index (χ1) is 39.0. The Balaban J connectivity index is 1.18. The summed E-state index contributed by atoms with van der Waals surface area (Å²) in [6.45, 7) is 5.47. The maximum absolute atomic E-state index is 14.5. The molecular formula is C58H73N7O17. The average molecular weight is 1140 g/mol. The predicted molar refractivity (Wildman–Crippen MR) is 293 cm³/mol. The molecule has 4 aromatic carbocycles. The number of ether oxygens (including phenoxy) is 1. The monoisotopic (exact) mass is 1140 g/mol. The lowest BCUT2D eigenvalue weighted by atomic mass is 9.96. The van der Waals surface area contributed by atoms with Gasteiger partial charge in [-0.15, -0.1) is 0 Å². The van der Waals surface area contributed by atoms with Gasteiger partial charge in [0.2, 0.25) is 35.4 Å². The lowest BCUT2D eigenvalue weighted by molar-refractivity contribution is -0.148. The van der Waals surface area contributed by atoms with Gasteiger partial charge < -0.3 is 87.1 Å². The van der Waals surface area contributed by atoms with Crippen molar-refractivity contribution in [3.63, 3.8) is 0 Å². The van der Waals surface area contributed by atoms with Crippen LogP contribution in [0.3, 0.4) is 0 Å². The van der Waals surface area contributed by atoms with Crippen LogP contribution in [-0.2, 0) is 28.8 Å². The van der Waals surface area contributed by atoms with Crippen molar-refractivity contribution < 1.29 is 84.3 Å². The van der Waals surface area contributed by atoms with Gasteiger partial charge in [-0.25, -0.2) is 0 Å². The highest BCUT2D eigenvalue weighted by Gasteiger charge is 2.50. The van der Waals surface area contributed by atoms with E-state index in [1.807, 2.05) is 48.5 Å². The highest BCUT2D eigenvalue weighted by molar-refractivity contribution is 6.00. The van der Waals surface area contributed by atoms with Gasteiger partial charge in [-0.1, -0.05) is 87.4 Å². The van der Waals surface area contributed by atoms with Gasteiger partial charge in [-0.05, 0) is 84.5 Å². The van der Waals surface area contributed by atoms with Crippen molar-refractivity contribution in [2.45, 2.75) is 145 Å². The number of rotatable bonds is 14. The van der Waals surface area contributed by atoms with Gasteiger partial charge in [0.1, 0.15) is 66.1 Å². The van der Waals surface area contributed by atoms with Crippen LogP contribution in [0.25, 0.3) is 22.3 Å². The van der Waals surface area contributed by atoms with Crippen LogP contribution in [-0.4, -0.2) is 196 Å². The third kappa shape index (κ3) is 14.7. The Labute approximate surface area is 473 Å². The Morgan fingerprint density at radius 1 is 0.634 bits per heavy atom. The molecule has 7 rings (SSSR count). The molecule has 0 spiro atoms. The quantitative estimate of drug-likeness (QED) is 0.0679. The Morgan fingerprint density at radius 2 is 1.16 bits per heavy atom. The van der Waals surface area contributed by atoms with E-state index < -0.39 is 152 Å². The second-order valence-electron chi connectivity index (χ2n) is 21.3. The van der Waals surface area contributed by atoms with Gasteiger partial charge in [0.25, 0.3) is 5.91 Å². The number of hydrogen-bond acceptors (Lipinski definition) is 17. The molecule has 442 valence electrons. The van der Waals surface area contributed by atoms with Crippen LogP contribution in [0, 0.1) is 5.92 Å². The fraction of sp³-hybridized carbons (Fsp3) is 0.466. The summed E-state index contributed by atoms with van der Waals surface area (Å²) in [5, 5.41) is 111. The van der Waals surface area contributed by atoms with E-state index in [-0.39, 0.29) is 23.4 Å². The predicted octanol–water partition coefficient (Wildman–Crippen LogP) is -0.927. The van der Waals surface area contributed by atoms with Crippen LogP contribution >= 0.6 is 0 Å². The minimum absolute atomic E-state index is 0.00973. The van der Waals surface area contributed by atoms with Crippen LogP contribution in [0.2, 0.25) is 0 Å². The van der Waals surface area contributed by atoms with Crippen LogP contribution in [0.5, 0.6) is 11.5 Å². The molecule has 24 heteroatoms. The number of amides is 7. The summed E-state index contributed by atoms with van der Waals surface area (Å²) < 4.78 is 5.84. The van der Waals surface area contributed by atoms with Crippen molar-refractivity contribution in [2.75, 3.05) is 19.7 Å². The Morgan fingerprint density at radius 3 is 1.72 bits per heavy atom. The zero-order chi connectivity index (χ0) is 59.7. The van der Waals surface area contributed by atoms with Crippen molar-refractivity contribution in [1.82, 2.24) is 36.4 Å². The largest absolute Gasteiger partial charge is 0.508 e. The summed E-state index contributed by atoms with van der Waals surface area (Å²) in [6, 6.07) is 14.7. The van der Waals surface area contributed by atoms with E-state index in [9.17, 15) is 79.5 Å². The van der Waals surface area contributed by atoms with Crippen molar-refractivity contribution in [3.05, 3.63) is 108 Å². The first kappa shape index (κ1) is 62.1. The molecule has 3 aliphatic heterocycles. The molecule has 82 heavy (non-hydrogen) atoms. The second-order valence-corrected chi connectivity index (χ2v) is 21.3. The first-order valence-corrected chi connectivity index (χ1v) is 27.3. The lowest BCUT2D eigenvalue weighted by Crippen LogP contribution is -2.64. The number of hydrogen-bond donors (Lipinski definition) is 14. The minimum Gasteiger partial charge on any atom is -0.508 e. The van der Waals surface area contributed by atoms with Gasteiger partial charge >= 0.3 is 0 Å². The van der Waals surface area contributed by atoms with E-state index in [2.05, 4.69) is 33.5 Å². The maximum Gasteiger partial charge on any atom is 0.251 e. The molecule has 3 saturated heterocycles. The number of carbonyl (C=O) groups excluding carboxylic acids is 7. The van der Waals surface area contributed by atoms with Crippen LogP contribution < -0.4 is 31.3 Å². The molecule has 0 aromatic heterocycles. The SMILES string of the molecule is CCCCCOc1ccc(-c2ccc(-c3ccc(C(=O)NC4C[C@@H](O)[C@@H](O)NC(=O)[C@@H]5[C@@H](O)[C@@H](C)CN5C(=O)[C@H](C(C)O)NC(=O)[C@H]([C@H](O)[C@@H](O)c5ccc(O)cc5)NC(=O)[C@@H]5C[C@@H](O)CN5C(=O)[C@H](C(C)O)NC4=O)cc3)cc2)cc1. The van der Waals surface area contributed by atoms with E-state index in [1.54, 1.807) is 12.1 Å². The maximum atomic E-state index is 14.5. The van der Waals surface area contributed by atoms with Gasteiger partial charge in [-0.2, -0.15) is 0 Å². The van der Waals surface area contributed by atoms with Crippen LogP contribution in [0.15, 0.2) is 97.1 Å². The number of nitrogens with one attached hydrogen (secondary N) is 5. The smallest absolute Gasteiger partial charge is 0.251 e.